The molecule has 1 saturated heterocycles. The minimum absolute atomic E-state index is 0.0113. The van der Waals surface area contributed by atoms with E-state index in [4.69, 9.17) is 4.74 Å². The molecule has 8 nitrogen and oxygen atoms in total. The lowest BCUT2D eigenvalue weighted by atomic mass is 9.84. The first kappa shape index (κ1) is 24.8. The minimum Gasteiger partial charge on any atom is -0.381 e. The number of hydrogen-bond donors (Lipinski definition) is 2. The van der Waals surface area contributed by atoms with E-state index >= 15 is 0 Å². The third-order valence-corrected chi connectivity index (χ3v) is 9.22. The third-order valence-electron chi connectivity index (χ3n) is 6.19. The Morgan fingerprint density at radius 2 is 1.79 bits per heavy atom. The Morgan fingerprint density at radius 1 is 1.12 bits per heavy atom. The second kappa shape index (κ2) is 10.5. The van der Waals surface area contributed by atoms with E-state index in [0.29, 0.717) is 48.4 Å². The quantitative estimate of drug-likeness (QED) is 0.536. The van der Waals surface area contributed by atoms with Gasteiger partial charge in [0.1, 0.15) is 5.69 Å². The highest BCUT2D eigenvalue weighted by molar-refractivity contribution is 7.92. The number of sulfone groups is 1. The van der Waals surface area contributed by atoms with Crippen molar-refractivity contribution in [3.8, 4) is 0 Å². The van der Waals surface area contributed by atoms with Gasteiger partial charge in [-0.2, -0.15) is 0 Å². The standard InChI is InChI=1S/C24H31N3O5S2/c1-15(2)25-23(29)21-14-33-24(26-21)27-22(28)20(13-16-9-11-32-12-10-16)17-3-5-18(6-4-17)34(30,31)19-7-8-19/h3-6,14-16,19-20H,7-13H2,1-2H3,(H,25,29)(H,26,27,28)/t20-/m1/s1. The number of nitrogens with one attached hydrogen (secondary N) is 2. The number of aromatic nitrogens is 1. The highest BCUT2D eigenvalue weighted by Crippen LogP contribution is 2.35. The largest absolute Gasteiger partial charge is 0.381 e. The van der Waals surface area contributed by atoms with E-state index in [0.717, 1.165) is 18.4 Å². The maximum atomic E-state index is 13.3. The maximum absolute atomic E-state index is 13.3. The number of carbonyl (C=O) groups is 2. The zero-order valence-corrected chi connectivity index (χ0v) is 21.1. The summed E-state index contributed by atoms with van der Waals surface area (Å²) in [7, 11) is -3.28. The van der Waals surface area contributed by atoms with Crippen molar-refractivity contribution in [2.45, 2.75) is 68.1 Å². The number of thiazole rings is 1. The van der Waals surface area contributed by atoms with Crippen LogP contribution in [-0.4, -0.2) is 49.7 Å². The van der Waals surface area contributed by atoms with Crippen molar-refractivity contribution < 1.29 is 22.7 Å². The molecule has 1 aromatic heterocycles. The van der Waals surface area contributed by atoms with Crippen molar-refractivity contribution in [3.63, 3.8) is 0 Å². The number of benzene rings is 1. The van der Waals surface area contributed by atoms with Crippen molar-refractivity contribution in [2.75, 3.05) is 18.5 Å². The first-order valence-electron chi connectivity index (χ1n) is 11.7. The van der Waals surface area contributed by atoms with E-state index in [2.05, 4.69) is 15.6 Å². The molecule has 0 spiro atoms. The molecular weight excluding hydrogens is 474 g/mol. The van der Waals surface area contributed by atoms with Crippen LogP contribution in [0.4, 0.5) is 5.13 Å². The Kier molecular flexibility index (Phi) is 7.69. The fraction of sp³-hybridized carbons (Fsp3) is 0.542. The van der Waals surface area contributed by atoms with Gasteiger partial charge in [0.25, 0.3) is 5.91 Å². The molecule has 1 saturated carbocycles. The lowest BCUT2D eigenvalue weighted by Gasteiger charge is -2.26. The Hall–Kier alpha value is -2.30. The number of nitrogens with zero attached hydrogens (tertiary/aromatic N) is 1. The molecule has 2 fully saturated rings. The Bertz CT molecular complexity index is 1120. The van der Waals surface area contributed by atoms with E-state index in [1.54, 1.807) is 29.6 Å². The van der Waals surface area contributed by atoms with Gasteiger partial charge in [0.2, 0.25) is 5.91 Å². The number of ether oxygens (including phenoxy) is 1. The Balaban J connectivity index is 1.52. The van der Waals surface area contributed by atoms with Gasteiger partial charge in [-0.15, -0.1) is 11.3 Å². The Labute approximate surface area is 204 Å². The average Bonchev–Trinajstić information content (AvgIpc) is 3.58. The van der Waals surface area contributed by atoms with Crippen LogP contribution in [-0.2, 0) is 19.4 Å². The first-order valence-corrected chi connectivity index (χ1v) is 14.2. The lowest BCUT2D eigenvalue weighted by molar-refractivity contribution is -0.118. The Morgan fingerprint density at radius 3 is 2.41 bits per heavy atom. The summed E-state index contributed by atoms with van der Waals surface area (Å²) in [5, 5.41) is 7.38. The van der Waals surface area contributed by atoms with E-state index < -0.39 is 15.8 Å². The van der Waals surface area contributed by atoms with Gasteiger partial charge in [0.05, 0.1) is 16.1 Å². The molecule has 2 N–H and O–H groups in total. The van der Waals surface area contributed by atoms with Crippen LogP contribution in [0.3, 0.4) is 0 Å². The van der Waals surface area contributed by atoms with Gasteiger partial charge in [-0.3, -0.25) is 9.59 Å². The molecule has 1 aromatic carbocycles. The highest BCUT2D eigenvalue weighted by atomic mass is 32.2. The van der Waals surface area contributed by atoms with Gasteiger partial charge in [0, 0.05) is 24.6 Å². The molecule has 34 heavy (non-hydrogen) atoms. The van der Waals surface area contributed by atoms with Gasteiger partial charge in [0.15, 0.2) is 15.0 Å². The van der Waals surface area contributed by atoms with Gasteiger partial charge in [-0.05, 0) is 69.6 Å². The summed E-state index contributed by atoms with van der Waals surface area (Å²) in [6.07, 6.45) is 3.83. The monoisotopic (exact) mass is 505 g/mol. The second-order valence-corrected chi connectivity index (χ2v) is 12.4. The molecule has 2 heterocycles. The normalized spacial score (nSPS) is 18.0. The highest BCUT2D eigenvalue weighted by Gasteiger charge is 2.37. The summed E-state index contributed by atoms with van der Waals surface area (Å²) >= 11 is 1.20. The molecule has 2 aromatic rings. The van der Waals surface area contributed by atoms with Crippen molar-refractivity contribution in [1.29, 1.82) is 0 Å². The molecule has 0 radical (unpaired) electrons. The molecule has 0 unspecified atom stereocenters. The summed E-state index contributed by atoms with van der Waals surface area (Å²) in [6.45, 7) is 5.10. The topological polar surface area (TPSA) is 114 Å². The van der Waals surface area contributed by atoms with Crippen LogP contribution >= 0.6 is 11.3 Å². The number of rotatable bonds is 9. The number of carbonyl (C=O) groups excluding carboxylic acids is 2. The third kappa shape index (κ3) is 6.03. The lowest BCUT2D eigenvalue weighted by Crippen LogP contribution is -2.30. The zero-order chi connectivity index (χ0) is 24.3. The van der Waals surface area contributed by atoms with Crippen LogP contribution in [0.15, 0.2) is 34.5 Å². The van der Waals surface area contributed by atoms with Gasteiger partial charge in [-0.25, -0.2) is 13.4 Å². The predicted octanol–water partition coefficient (Wildman–Crippen LogP) is 3.76. The fourth-order valence-electron chi connectivity index (χ4n) is 4.13. The molecule has 1 atom stereocenters. The van der Waals surface area contributed by atoms with Crippen molar-refractivity contribution in [2.24, 2.45) is 5.92 Å². The number of anilines is 1. The second-order valence-electron chi connectivity index (χ2n) is 9.31. The fourth-order valence-corrected chi connectivity index (χ4v) is 6.49. The van der Waals surface area contributed by atoms with Crippen LogP contribution in [0.25, 0.3) is 0 Å². The molecule has 1 aliphatic carbocycles. The molecule has 0 bridgehead atoms. The van der Waals surface area contributed by atoms with Crippen LogP contribution in [0.5, 0.6) is 0 Å². The van der Waals surface area contributed by atoms with E-state index in [9.17, 15) is 18.0 Å². The van der Waals surface area contributed by atoms with E-state index in [1.807, 2.05) is 13.8 Å². The summed E-state index contributed by atoms with van der Waals surface area (Å²) in [5.41, 5.74) is 1.04. The molecule has 184 valence electrons. The molecule has 4 rings (SSSR count). The van der Waals surface area contributed by atoms with E-state index in [1.165, 1.54) is 11.3 Å². The average molecular weight is 506 g/mol. The SMILES string of the molecule is CC(C)NC(=O)c1csc(NC(=O)[C@H](CC2CCOCC2)c2ccc(S(=O)(=O)C3CC3)cc2)n1. The number of hydrogen-bond acceptors (Lipinski definition) is 7. The van der Waals surface area contributed by atoms with Crippen LogP contribution in [0.2, 0.25) is 0 Å². The van der Waals surface area contributed by atoms with Gasteiger partial charge in [-0.1, -0.05) is 12.1 Å². The summed E-state index contributed by atoms with van der Waals surface area (Å²) in [4.78, 5) is 30.1. The summed E-state index contributed by atoms with van der Waals surface area (Å²) in [6, 6.07) is 6.73. The van der Waals surface area contributed by atoms with Gasteiger partial charge < -0.3 is 15.4 Å². The molecule has 10 heteroatoms. The molecule has 2 amide bonds. The van der Waals surface area contributed by atoms with Crippen LogP contribution in [0.1, 0.15) is 67.9 Å². The van der Waals surface area contributed by atoms with Gasteiger partial charge >= 0.3 is 0 Å². The minimum atomic E-state index is -3.28. The smallest absolute Gasteiger partial charge is 0.271 e. The van der Waals surface area contributed by atoms with Crippen LogP contribution < -0.4 is 10.6 Å². The summed E-state index contributed by atoms with van der Waals surface area (Å²) < 4.78 is 30.6. The molecule has 1 aliphatic heterocycles. The van der Waals surface area contributed by atoms with Crippen molar-refractivity contribution in [3.05, 3.63) is 40.9 Å². The van der Waals surface area contributed by atoms with E-state index in [-0.39, 0.29) is 28.8 Å². The predicted molar refractivity (Wildman–Crippen MR) is 131 cm³/mol. The van der Waals surface area contributed by atoms with Crippen LogP contribution in [0, 0.1) is 5.92 Å². The first-order chi connectivity index (χ1) is 16.2. The van der Waals surface area contributed by atoms with Crippen molar-refractivity contribution in [1.82, 2.24) is 10.3 Å². The maximum Gasteiger partial charge on any atom is 0.271 e. The molecular formula is C24H31N3O5S2. The molecule has 2 aliphatic rings. The summed E-state index contributed by atoms with van der Waals surface area (Å²) in [5.74, 6) is -0.618. The zero-order valence-electron chi connectivity index (χ0n) is 19.5. The van der Waals surface area contributed by atoms with Crippen molar-refractivity contribution >= 4 is 38.1 Å². The number of amides is 2.